The predicted octanol–water partition coefficient (Wildman–Crippen LogP) is 1.61. The van der Waals surface area contributed by atoms with Crippen molar-refractivity contribution in [2.45, 2.75) is 0 Å². The number of nitrogens with zero attached hydrogens (tertiary/aromatic N) is 1. The van der Waals surface area contributed by atoms with Gasteiger partial charge in [0.15, 0.2) is 0 Å². The Hall–Kier alpha value is -2.89. The highest BCUT2D eigenvalue weighted by atomic mass is 16.4. The fraction of sp³-hybridized carbons (Fsp3) is 0. The van der Waals surface area contributed by atoms with E-state index in [1.54, 1.807) is 24.3 Å². The lowest BCUT2D eigenvalue weighted by atomic mass is 10.2. The number of carboxylic acid groups (broad SMARTS) is 1. The van der Waals surface area contributed by atoms with E-state index in [1.165, 1.54) is 18.3 Å². The zero-order chi connectivity index (χ0) is 13.8. The summed E-state index contributed by atoms with van der Waals surface area (Å²) in [4.78, 5) is 26.7. The van der Waals surface area contributed by atoms with Crippen molar-refractivity contribution >= 4 is 23.4 Å². The van der Waals surface area contributed by atoms with Gasteiger partial charge in [0, 0.05) is 17.4 Å². The highest BCUT2D eigenvalue weighted by Crippen LogP contribution is 2.13. The molecule has 0 saturated heterocycles. The highest BCUT2D eigenvalue weighted by molar-refractivity contribution is 6.06. The Bertz CT molecular complexity index is 623. The number of carboxylic acids is 1. The van der Waals surface area contributed by atoms with Crippen LogP contribution in [0.1, 0.15) is 20.7 Å². The Morgan fingerprint density at radius 2 is 1.84 bits per heavy atom. The molecule has 2 rings (SSSR count). The van der Waals surface area contributed by atoms with Gasteiger partial charge in [-0.1, -0.05) is 0 Å². The largest absolute Gasteiger partial charge is 0.478 e. The first-order chi connectivity index (χ1) is 9.08. The van der Waals surface area contributed by atoms with Crippen molar-refractivity contribution in [2.75, 3.05) is 11.1 Å². The van der Waals surface area contributed by atoms with Crippen LogP contribution in [0.15, 0.2) is 42.6 Å². The summed E-state index contributed by atoms with van der Waals surface area (Å²) in [7, 11) is 0. The average Bonchev–Trinajstić information content (AvgIpc) is 2.39. The molecular weight excluding hydrogens is 246 g/mol. The first-order valence-corrected chi connectivity index (χ1v) is 5.43. The van der Waals surface area contributed by atoms with Gasteiger partial charge in [-0.3, -0.25) is 4.79 Å². The van der Waals surface area contributed by atoms with Crippen molar-refractivity contribution in [1.29, 1.82) is 0 Å². The molecule has 1 aromatic heterocycles. The number of hydrogen-bond donors (Lipinski definition) is 3. The Kier molecular flexibility index (Phi) is 3.42. The van der Waals surface area contributed by atoms with Crippen molar-refractivity contribution in [1.82, 2.24) is 4.98 Å². The molecule has 0 unspecified atom stereocenters. The quantitative estimate of drug-likeness (QED) is 0.724. The SMILES string of the molecule is Nc1ccc(C(=O)Nc2ncccc2C(=O)O)cc1. The van der Waals surface area contributed by atoms with E-state index in [-0.39, 0.29) is 11.4 Å². The molecule has 0 saturated carbocycles. The molecule has 4 N–H and O–H groups in total. The monoisotopic (exact) mass is 257 g/mol. The smallest absolute Gasteiger partial charge is 0.339 e. The summed E-state index contributed by atoms with van der Waals surface area (Å²) in [5.74, 6) is -1.58. The van der Waals surface area contributed by atoms with Crippen LogP contribution >= 0.6 is 0 Å². The maximum absolute atomic E-state index is 11.9. The third-order valence-corrected chi connectivity index (χ3v) is 2.44. The van der Waals surface area contributed by atoms with Gasteiger partial charge in [0.05, 0.1) is 0 Å². The van der Waals surface area contributed by atoms with E-state index in [4.69, 9.17) is 10.8 Å². The number of aromatic nitrogens is 1. The number of nitrogens with one attached hydrogen (secondary N) is 1. The van der Waals surface area contributed by atoms with Crippen LogP contribution in [0.5, 0.6) is 0 Å². The van der Waals surface area contributed by atoms with Gasteiger partial charge in [0.1, 0.15) is 11.4 Å². The number of amides is 1. The van der Waals surface area contributed by atoms with Crippen molar-refractivity contribution < 1.29 is 14.7 Å². The lowest BCUT2D eigenvalue weighted by Crippen LogP contribution is -2.16. The minimum Gasteiger partial charge on any atom is -0.478 e. The number of benzene rings is 1. The molecule has 0 radical (unpaired) electrons. The first kappa shape index (κ1) is 12.6. The number of hydrogen-bond acceptors (Lipinski definition) is 4. The Balaban J connectivity index is 2.24. The van der Waals surface area contributed by atoms with E-state index in [0.717, 1.165) is 0 Å². The van der Waals surface area contributed by atoms with E-state index in [9.17, 15) is 9.59 Å². The third kappa shape index (κ3) is 2.86. The van der Waals surface area contributed by atoms with E-state index < -0.39 is 11.9 Å². The summed E-state index contributed by atoms with van der Waals surface area (Å²) >= 11 is 0. The number of rotatable bonds is 3. The maximum atomic E-state index is 11.9. The number of anilines is 2. The van der Waals surface area contributed by atoms with E-state index in [0.29, 0.717) is 11.3 Å². The average molecular weight is 257 g/mol. The Labute approximate surface area is 108 Å². The van der Waals surface area contributed by atoms with E-state index >= 15 is 0 Å². The molecule has 1 amide bonds. The van der Waals surface area contributed by atoms with Crippen LogP contribution in [-0.4, -0.2) is 22.0 Å². The van der Waals surface area contributed by atoms with Gasteiger partial charge in [-0.05, 0) is 36.4 Å². The molecule has 6 nitrogen and oxygen atoms in total. The van der Waals surface area contributed by atoms with Gasteiger partial charge in [0.25, 0.3) is 5.91 Å². The third-order valence-electron chi connectivity index (χ3n) is 2.44. The summed E-state index contributed by atoms with van der Waals surface area (Å²) in [6.07, 6.45) is 1.41. The van der Waals surface area contributed by atoms with Gasteiger partial charge >= 0.3 is 5.97 Å². The predicted molar refractivity (Wildman–Crippen MR) is 70.0 cm³/mol. The molecule has 0 aliphatic heterocycles. The van der Waals surface area contributed by atoms with Gasteiger partial charge < -0.3 is 16.2 Å². The molecule has 0 aliphatic carbocycles. The molecule has 19 heavy (non-hydrogen) atoms. The van der Waals surface area contributed by atoms with Crippen LogP contribution in [0, 0.1) is 0 Å². The Morgan fingerprint density at radius 1 is 1.16 bits per heavy atom. The van der Waals surface area contributed by atoms with Gasteiger partial charge in [0.2, 0.25) is 0 Å². The fourth-order valence-corrected chi connectivity index (χ4v) is 1.49. The van der Waals surface area contributed by atoms with Crippen LogP contribution in [-0.2, 0) is 0 Å². The molecule has 0 atom stereocenters. The lowest BCUT2D eigenvalue weighted by Gasteiger charge is -2.07. The zero-order valence-corrected chi connectivity index (χ0v) is 9.83. The number of nitrogen functional groups attached to an aromatic ring is 1. The minimum absolute atomic E-state index is 0.0109. The molecule has 1 aromatic carbocycles. The molecule has 2 aromatic rings. The second kappa shape index (κ2) is 5.18. The first-order valence-electron chi connectivity index (χ1n) is 5.43. The van der Waals surface area contributed by atoms with Crippen molar-refractivity contribution in [2.24, 2.45) is 0 Å². The summed E-state index contributed by atoms with van der Waals surface area (Å²) in [6.45, 7) is 0. The topological polar surface area (TPSA) is 105 Å². The normalized spacial score (nSPS) is 9.89. The van der Waals surface area contributed by atoms with Crippen molar-refractivity contribution in [3.63, 3.8) is 0 Å². The summed E-state index contributed by atoms with van der Waals surface area (Å²) < 4.78 is 0. The zero-order valence-electron chi connectivity index (χ0n) is 9.83. The number of carbonyl (C=O) groups excluding carboxylic acids is 1. The summed E-state index contributed by atoms with van der Waals surface area (Å²) in [5, 5.41) is 11.4. The maximum Gasteiger partial charge on any atom is 0.339 e. The molecule has 0 fully saturated rings. The van der Waals surface area contributed by atoms with Crippen LogP contribution in [0.25, 0.3) is 0 Å². The summed E-state index contributed by atoms with van der Waals surface area (Å²) in [5.41, 5.74) is 6.37. The van der Waals surface area contributed by atoms with Gasteiger partial charge in [-0.2, -0.15) is 0 Å². The molecular formula is C13H11N3O3. The van der Waals surface area contributed by atoms with E-state index in [1.807, 2.05) is 0 Å². The van der Waals surface area contributed by atoms with Gasteiger partial charge in [-0.15, -0.1) is 0 Å². The van der Waals surface area contributed by atoms with Crippen LogP contribution in [0.2, 0.25) is 0 Å². The molecule has 0 spiro atoms. The van der Waals surface area contributed by atoms with Crippen molar-refractivity contribution in [3.8, 4) is 0 Å². The molecule has 0 bridgehead atoms. The van der Waals surface area contributed by atoms with Gasteiger partial charge in [-0.25, -0.2) is 9.78 Å². The number of nitrogens with two attached hydrogens (primary N) is 1. The number of carbonyl (C=O) groups is 2. The molecule has 0 aliphatic rings. The minimum atomic E-state index is -1.15. The van der Waals surface area contributed by atoms with Crippen LogP contribution < -0.4 is 11.1 Å². The van der Waals surface area contributed by atoms with Crippen LogP contribution in [0.4, 0.5) is 11.5 Å². The second-order valence-electron chi connectivity index (χ2n) is 3.78. The standard InChI is InChI=1S/C13H11N3O3/c14-9-5-3-8(4-6-9)12(17)16-11-10(13(18)19)2-1-7-15-11/h1-7H,14H2,(H,18,19)(H,15,16,17). The molecule has 96 valence electrons. The molecule has 6 heteroatoms. The highest BCUT2D eigenvalue weighted by Gasteiger charge is 2.14. The van der Waals surface area contributed by atoms with E-state index in [2.05, 4.69) is 10.3 Å². The number of aromatic carboxylic acids is 1. The lowest BCUT2D eigenvalue weighted by molar-refractivity contribution is 0.0697. The van der Waals surface area contributed by atoms with Crippen LogP contribution in [0.3, 0.4) is 0 Å². The van der Waals surface area contributed by atoms with Crippen molar-refractivity contribution in [3.05, 3.63) is 53.7 Å². The summed E-state index contributed by atoms with van der Waals surface area (Å²) in [6, 6.07) is 9.13. The Morgan fingerprint density at radius 3 is 2.47 bits per heavy atom. The molecule has 1 heterocycles. The fourth-order valence-electron chi connectivity index (χ4n) is 1.49. The number of pyridine rings is 1. The second-order valence-corrected chi connectivity index (χ2v) is 3.78.